The number of aryl methyl sites for hydroxylation is 1. The summed E-state index contributed by atoms with van der Waals surface area (Å²) in [6, 6.07) is 8.97. The Morgan fingerprint density at radius 2 is 1.95 bits per heavy atom. The van der Waals surface area contributed by atoms with E-state index in [1.807, 2.05) is 0 Å². The second-order valence-electron chi connectivity index (χ2n) is 6.73. The van der Waals surface area contributed by atoms with Gasteiger partial charge in [0.05, 0.1) is 0 Å². The Labute approximate surface area is 128 Å². The molecule has 2 heterocycles. The Balaban J connectivity index is 1.71. The first-order chi connectivity index (χ1) is 10.3. The molecule has 0 aromatic heterocycles. The van der Waals surface area contributed by atoms with Crippen LogP contribution in [-0.2, 0) is 17.7 Å². The molecule has 1 aromatic carbocycles. The lowest BCUT2D eigenvalue weighted by Gasteiger charge is -2.41. The Hall–Kier alpha value is -0.900. The van der Waals surface area contributed by atoms with Crippen LogP contribution in [0.3, 0.4) is 0 Å². The van der Waals surface area contributed by atoms with Crippen molar-refractivity contribution < 1.29 is 4.74 Å². The molecule has 0 bridgehead atoms. The SMILES string of the molecule is CNCC1(CN2CCCc3ccccc3C2)CCOCC1. The zero-order chi connectivity index (χ0) is 14.5. The first-order valence-corrected chi connectivity index (χ1v) is 8.33. The molecule has 0 unspecified atom stereocenters. The van der Waals surface area contributed by atoms with Crippen molar-refractivity contribution in [1.82, 2.24) is 10.2 Å². The fraction of sp³-hybridized carbons (Fsp3) is 0.667. The van der Waals surface area contributed by atoms with Crippen LogP contribution in [0.1, 0.15) is 30.4 Å². The predicted octanol–water partition coefficient (Wildman–Crippen LogP) is 2.45. The summed E-state index contributed by atoms with van der Waals surface area (Å²) >= 11 is 0. The topological polar surface area (TPSA) is 24.5 Å². The van der Waals surface area contributed by atoms with Gasteiger partial charge in [-0.25, -0.2) is 0 Å². The molecule has 0 atom stereocenters. The van der Waals surface area contributed by atoms with E-state index < -0.39 is 0 Å². The number of rotatable bonds is 4. The summed E-state index contributed by atoms with van der Waals surface area (Å²) in [6.07, 6.45) is 4.88. The summed E-state index contributed by atoms with van der Waals surface area (Å²) in [6.45, 7) is 6.49. The summed E-state index contributed by atoms with van der Waals surface area (Å²) in [5.74, 6) is 0. The molecule has 3 heteroatoms. The molecule has 21 heavy (non-hydrogen) atoms. The minimum atomic E-state index is 0.395. The van der Waals surface area contributed by atoms with Gasteiger partial charge in [-0.2, -0.15) is 0 Å². The quantitative estimate of drug-likeness (QED) is 0.921. The second-order valence-corrected chi connectivity index (χ2v) is 6.73. The third kappa shape index (κ3) is 3.65. The van der Waals surface area contributed by atoms with E-state index in [4.69, 9.17) is 4.74 Å². The maximum atomic E-state index is 5.59. The van der Waals surface area contributed by atoms with Crippen LogP contribution in [0.5, 0.6) is 0 Å². The maximum Gasteiger partial charge on any atom is 0.0472 e. The second kappa shape index (κ2) is 6.91. The molecule has 2 aliphatic heterocycles. The molecule has 0 aliphatic carbocycles. The van der Waals surface area contributed by atoms with Crippen molar-refractivity contribution in [2.24, 2.45) is 5.41 Å². The molecular formula is C18H28N2O. The van der Waals surface area contributed by atoms with Gasteiger partial charge in [-0.15, -0.1) is 0 Å². The number of nitrogens with one attached hydrogen (secondary N) is 1. The number of fused-ring (bicyclic) bond motifs is 1. The Morgan fingerprint density at radius 3 is 2.71 bits per heavy atom. The van der Waals surface area contributed by atoms with Crippen LogP contribution < -0.4 is 5.32 Å². The Morgan fingerprint density at radius 1 is 1.19 bits per heavy atom. The van der Waals surface area contributed by atoms with Gasteiger partial charge in [0.15, 0.2) is 0 Å². The van der Waals surface area contributed by atoms with E-state index in [1.165, 1.54) is 44.3 Å². The molecule has 1 fully saturated rings. The van der Waals surface area contributed by atoms with Crippen LogP contribution in [0.15, 0.2) is 24.3 Å². The van der Waals surface area contributed by atoms with Crippen molar-refractivity contribution in [3.63, 3.8) is 0 Å². The Kier molecular flexibility index (Phi) is 4.94. The molecule has 0 radical (unpaired) electrons. The van der Waals surface area contributed by atoms with Crippen LogP contribution in [0.4, 0.5) is 0 Å². The van der Waals surface area contributed by atoms with E-state index in [2.05, 4.69) is 41.5 Å². The van der Waals surface area contributed by atoms with Crippen molar-refractivity contribution in [3.05, 3.63) is 35.4 Å². The highest BCUT2D eigenvalue weighted by molar-refractivity contribution is 5.28. The molecule has 1 aromatic rings. The summed E-state index contributed by atoms with van der Waals surface area (Å²) in [5, 5.41) is 3.42. The molecule has 0 amide bonds. The molecule has 0 saturated carbocycles. The summed E-state index contributed by atoms with van der Waals surface area (Å²) in [5.41, 5.74) is 3.48. The van der Waals surface area contributed by atoms with E-state index in [1.54, 1.807) is 5.56 Å². The zero-order valence-corrected chi connectivity index (χ0v) is 13.2. The van der Waals surface area contributed by atoms with Gasteiger partial charge in [-0.1, -0.05) is 24.3 Å². The van der Waals surface area contributed by atoms with E-state index in [0.29, 0.717) is 5.41 Å². The van der Waals surface area contributed by atoms with Crippen LogP contribution in [0, 0.1) is 5.41 Å². The summed E-state index contributed by atoms with van der Waals surface area (Å²) < 4.78 is 5.59. The van der Waals surface area contributed by atoms with Gasteiger partial charge in [0.2, 0.25) is 0 Å². The molecule has 2 aliphatic rings. The highest BCUT2D eigenvalue weighted by Gasteiger charge is 2.34. The average Bonchev–Trinajstić information content (AvgIpc) is 2.70. The normalized spacial score (nSPS) is 22.5. The highest BCUT2D eigenvalue weighted by atomic mass is 16.5. The number of hydrogen-bond donors (Lipinski definition) is 1. The van der Waals surface area contributed by atoms with Gasteiger partial charge in [-0.3, -0.25) is 4.90 Å². The monoisotopic (exact) mass is 288 g/mol. The predicted molar refractivity (Wildman–Crippen MR) is 86.5 cm³/mol. The van der Waals surface area contributed by atoms with Crippen LogP contribution >= 0.6 is 0 Å². The summed E-state index contributed by atoms with van der Waals surface area (Å²) in [4.78, 5) is 2.68. The third-order valence-electron chi connectivity index (χ3n) is 5.10. The first kappa shape index (κ1) is 15.0. The van der Waals surface area contributed by atoms with E-state index in [0.717, 1.165) is 26.3 Å². The van der Waals surface area contributed by atoms with Gasteiger partial charge < -0.3 is 10.1 Å². The van der Waals surface area contributed by atoms with Crippen molar-refractivity contribution in [2.45, 2.75) is 32.2 Å². The van der Waals surface area contributed by atoms with Gasteiger partial charge in [0.1, 0.15) is 0 Å². The largest absolute Gasteiger partial charge is 0.381 e. The standard InChI is InChI=1S/C18H28N2O/c1-19-14-18(8-11-21-12-9-18)15-20-10-4-7-16-5-2-3-6-17(16)13-20/h2-3,5-6,19H,4,7-15H2,1H3. The lowest BCUT2D eigenvalue weighted by Crippen LogP contribution is -2.46. The van der Waals surface area contributed by atoms with Crippen molar-refractivity contribution >= 4 is 0 Å². The van der Waals surface area contributed by atoms with Crippen LogP contribution in [0.2, 0.25) is 0 Å². The maximum absolute atomic E-state index is 5.59. The minimum absolute atomic E-state index is 0.395. The van der Waals surface area contributed by atoms with Crippen LogP contribution in [0.25, 0.3) is 0 Å². The Bertz CT molecular complexity index is 449. The van der Waals surface area contributed by atoms with Gasteiger partial charge >= 0.3 is 0 Å². The molecule has 0 spiro atoms. The van der Waals surface area contributed by atoms with E-state index in [9.17, 15) is 0 Å². The van der Waals surface area contributed by atoms with E-state index >= 15 is 0 Å². The summed E-state index contributed by atoms with van der Waals surface area (Å²) in [7, 11) is 2.08. The minimum Gasteiger partial charge on any atom is -0.381 e. The van der Waals surface area contributed by atoms with Crippen molar-refractivity contribution in [1.29, 1.82) is 0 Å². The number of hydrogen-bond acceptors (Lipinski definition) is 3. The highest BCUT2D eigenvalue weighted by Crippen LogP contribution is 2.32. The molecule has 1 N–H and O–H groups in total. The average molecular weight is 288 g/mol. The molecular weight excluding hydrogens is 260 g/mol. The lowest BCUT2D eigenvalue weighted by molar-refractivity contribution is -0.00466. The van der Waals surface area contributed by atoms with Crippen LogP contribution in [-0.4, -0.2) is 44.8 Å². The number of nitrogens with zero attached hydrogens (tertiary/aromatic N) is 1. The number of benzene rings is 1. The van der Waals surface area contributed by atoms with E-state index in [-0.39, 0.29) is 0 Å². The van der Waals surface area contributed by atoms with Crippen molar-refractivity contribution in [2.75, 3.05) is 39.9 Å². The molecule has 3 rings (SSSR count). The smallest absolute Gasteiger partial charge is 0.0472 e. The zero-order valence-electron chi connectivity index (χ0n) is 13.2. The van der Waals surface area contributed by atoms with Gasteiger partial charge in [0.25, 0.3) is 0 Å². The molecule has 3 nitrogen and oxygen atoms in total. The molecule has 1 saturated heterocycles. The number of ether oxygens (including phenoxy) is 1. The lowest BCUT2D eigenvalue weighted by atomic mass is 9.79. The van der Waals surface area contributed by atoms with Crippen molar-refractivity contribution in [3.8, 4) is 0 Å². The first-order valence-electron chi connectivity index (χ1n) is 8.33. The fourth-order valence-electron chi connectivity index (χ4n) is 3.95. The third-order valence-corrected chi connectivity index (χ3v) is 5.10. The van der Waals surface area contributed by atoms with Gasteiger partial charge in [-0.05, 0) is 55.8 Å². The fourth-order valence-corrected chi connectivity index (χ4v) is 3.95. The van der Waals surface area contributed by atoms with Gasteiger partial charge in [0, 0.05) is 32.8 Å². The molecule has 116 valence electrons.